The van der Waals surface area contributed by atoms with Crippen molar-refractivity contribution in [2.45, 2.75) is 32.4 Å². The third-order valence-corrected chi connectivity index (χ3v) is 3.32. The standard InChI is InChI=1S/C12H18N4O3/c1-9(6-16-5-4-13-8-16)15-11(19)14-7-12(2-3-12)10(17)18/h4-5,8-9H,2-3,6-7H2,1H3,(H,17,18)(H2,14,15,19). The van der Waals surface area contributed by atoms with E-state index in [9.17, 15) is 9.59 Å². The Morgan fingerprint density at radius 1 is 1.53 bits per heavy atom. The van der Waals surface area contributed by atoms with Gasteiger partial charge in [0.15, 0.2) is 0 Å². The predicted molar refractivity (Wildman–Crippen MR) is 67.5 cm³/mol. The molecule has 1 unspecified atom stereocenters. The molecule has 19 heavy (non-hydrogen) atoms. The van der Waals surface area contributed by atoms with Crippen molar-refractivity contribution >= 4 is 12.0 Å². The van der Waals surface area contributed by atoms with E-state index in [4.69, 9.17) is 5.11 Å². The Labute approximate surface area is 111 Å². The van der Waals surface area contributed by atoms with Crippen molar-refractivity contribution in [3.63, 3.8) is 0 Å². The van der Waals surface area contributed by atoms with Crippen LogP contribution in [0.2, 0.25) is 0 Å². The smallest absolute Gasteiger partial charge is 0.315 e. The van der Waals surface area contributed by atoms with Crippen molar-refractivity contribution in [3.8, 4) is 0 Å². The third-order valence-electron chi connectivity index (χ3n) is 3.32. The van der Waals surface area contributed by atoms with Crippen LogP contribution in [0.3, 0.4) is 0 Å². The van der Waals surface area contributed by atoms with Crippen LogP contribution in [0.1, 0.15) is 19.8 Å². The van der Waals surface area contributed by atoms with Gasteiger partial charge in [-0.3, -0.25) is 4.79 Å². The number of carboxylic acid groups (broad SMARTS) is 1. The van der Waals surface area contributed by atoms with Crippen molar-refractivity contribution in [2.24, 2.45) is 5.41 Å². The topological polar surface area (TPSA) is 96.3 Å². The first kappa shape index (κ1) is 13.4. The summed E-state index contributed by atoms with van der Waals surface area (Å²) in [4.78, 5) is 26.5. The number of nitrogens with zero attached hydrogens (tertiary/aromatic N) is 2. The van der Waals surface area contributed by atoms with Gasteiger partial charge in [0.25, 0.3) is 0 Å². The Bertz CT molecular complexity index is 454. The summed E-state index contributed by atoms with van der Waals surface area (Å²) >= 11 is 0. The lowest BCUT2D eigenvalue weighted by molar-refractivity contribution is -0.143. The summed E-state index contributed by atoms with van der Waals surface area (Å²) < 4.78 is 1.87. The van der Waals surface area contributed by atoms with Crippen molar-refractivity contribution in [3.05, 3.63) is 18.7 Å². The summed E-state index contributed by atoms with van der Waals surface area (Å²) in [5, 5.41) is 14.4. The van der Waals surface area contributed by atoms with Gasteiger partial charge in [-0.2, -0.15) is 0 Å². The van der Waals surface area contributed by atoms with Crippen LogP contribution in [-0.4, -0.2) is 39.2 Å². The molecule has 1 aromatic rings. The molecule has 0 radical (unpaired) electrons. The van der Waals surface area contributed by atoms with Gasteiger partial charge in [0, 0.05) is 31.5 Å². The molecule has 7 heteroatoms. The molecular weight excluding hydrogens is 248 g/mol. The number of carboxylic acids is 1. The number of amides is 2. The molecule has 2 amide bonds. The number of imidazole rings is 1. The van der Waals surface area contributed by atoms with Gasteiger partial charge in [0.2, 0.25) is 0 Å². The average Bonchev–Trinajstić information content (AvgIpc) is 2.98. The maximum Gasteiger partial charge on any atom is 0.315 e. The number of rotatable bonds is 6. The summed E-state index contributed by atoms with van der Waals surface area (Å²) in [6, 6.07) is -0.394. The van der Waals surface area contributed by atoms with Crippen molar-refractivity contribution in [2.75, 3.05) is 6.54 Å². The summed E-state index contributed by atoms with van der Waals surface area (Å²) in [5.74, 6) is -0.834. The summed E-state index contributed by atoms with van der Waals surface area (Å²) in [7, 11) is 0. The number of nitrogens with one attached hydrogen (secondary N) is 2. The molecule has 1 aromatic heterocycles. The molecule has 0 saturated heterocycles. The highest BCUT2D eigenvalue weighted by Gasteiger charge is 2.50. The fraction of sp³-hybridized carbons (Fsp3) is 0.583. The van der Waals surface area contributed by atoms with E-state index in [-0.39, 0.29) is 18.6 Å². The number of urea groups is 1. The summed E-state index contributed by atoms with van der Waals surface area (Å²) in [6.07, 6.45) is 6.44. The molecule has 104 valence electrons. The van der Waals surface area contributed by atoms with E-state index in [1.807, 2.05) is 17.7 Å². The van der Waals surface area contributed by atoms with E-state index in [2.05, 4.69) is 15.6 Å². The molecule has 7 nitrogen and oxygen atoms in total. The van der Waals surface area contributed by atoms with Gasteiger partial charge >= 0.3 is 12.0 Å². The zero-order chi connectivity index (χ0) is 13.9. The number of aliphatic carboxylic acids is 1. The monoisotopic (exact) mass is 266 g/mol. The van der Waals surface area contributed by atoms with E-state index in [0.717, 1.165) is 0 Å². The Hall–Kier alpha value is -2.05. The molecule has 1 fully saturated rings. The Morgan fingerprint density at radius 2 is 2.26 bits per heavy atom. The maximum absolute atomic E-state index is 11.6. The number of carbonyl (C=O) groups is 2. The quantitative estimate of drug-likeness (QED) is 0.696. The molecular formula is C12H18N4O3. The number of carbonyl (C=O) groups excluding carboxylic acids is 1. The first-order valence-corrected chi connectivity index (χ1v) is 6.25. The second-order valence-electron chi connectivity index (χ2n) is 5.07. The normalized spacial score (nSPS) is 17.5. The molecule has 1 aliphatic rings. The van der Waals surface area contributed by atoms with Gasteiger partial charge in [-0.25, -0.2) is 9.78 Å². The van der Waals surface area contributed by atoms with Gasteiger partial charge in [-0.15, -0.1) is 0 Å². The lowest BCUT2D eigenvalue weighted by Gasteiger charge is -2.16. The first-order chi connectivity index (χ1) is 9.02. The zero-order valence-corrected chi connectivity index (χ0v) is 10.8. The van der Waals surface area contributed by atoms with Crippen LogP contribution in [0.5, 0.6) is 0 Å². The van der Waals surface area contributed by atoms with Crippen LogP contribution in [0.15, 0.2) is 18.7 Å². The van der Waals surface area contributed by atoms with E-state index in [1.165, 1.54) is 0 Å². The van der Waals surface area contributed by atoms with Gasteiger partial charge in [-0.1, -0.05) is 0 Å². The lowest BCUT2D eigenvalue weighted by atomic mass is 10.1. The average molecular weight is 266 g/mol. The van der Waals surface area contributed by atoms with Crippen LogP contribution in [-0.2, 0) is 11.3 Å². The van der Waals surface area contributed by atoms with Gasteiger partial charge in [-0.05, 0) is 19.8 Å². The number of hydrogen-bond acceptors (Lipinski definition) is 3. The van der Waals surface area contributed by atoms with E-state index >= 15 is 0 Å². The molecule has 1 aliphatic carbocycles. The van der Waals surface area contributed by atoms with Crippen LogP contribution >= 0.6 is 0 Å². The molecule has 3 N–H and O–H groups in total. The van der Waals surface area contributed by atoms with Gasteiger partial charge in [0.1, 0.15) is 0 Å². The largest absolute Gasteiger partial charge is 0.481 e. The second kappa shape index (κ2) is 5.29. The van der Waals surface area contributed by atoms with Crippen LogP contribution in [0.4, 0.5) is 4.79 Å². The summed E-state index contributed by atoms with van der Waals surface area (Å²) in [5.41, 5.74) is -0.731. The van der Waals surface area contributed by atoms with E-state index in [0.29, 0.717) is 19.4 Å². The summed E-state index contributed by atoms with van der Waals surface area (Å²) in [6.45, 7) is 2.69. The number of hydrogen-bond donors (Lipinski definition) is 3. The van der Waals surface area contributed by atoms with Crippen molar-refractivity contribution in [1.82, 2.24) is 20.2 Å². The highest BCUT2D eigenvalue weighted by Crippen LogP contribution is 2.45. The molecule has 1 saturated carbocycles. The minimum Gasteiger partial charge on any atom is -0.481 e. The van der Waals surface area contributed by atoms with Crippen LogP contribution in [0, 0.1) is 5.41 Å². The Morgan fingerprint density at radius 3 is 2.79 bits per heavy atom. The highest BCUT2D eigenvalue weighted by atomic mass is 16.4. The zero-order valence-electron chi connectivity index (χ0n) is 10.8. The fourth-order valence-electron chi connectivity index (χ4n) is 1.90. The van der Waals surface area contributed by atoms with Crippen molar-refractivity contribution < 1.29 is 14.7 Å². The third kappa shape index (κ3) is 3.46. The van der Waals surface area contributed by atoms with Gasteiger partial charge in [0.05, 0.1) is 11.7 Å². The maximum atomic E-state index is 11.6. The fourth-order valence-corrected chi connectivity index (χ4v) is 1.90. The molecule has 0 aliphatic heterocycles. The van der Waals surface area contributed by atoms with E-state index < -0.39 is 11.4 Å². The Balaban J connectivity index is 1.71. The number of aromatic nitrogens is 2. The van der Waals surface area contributed by atoms with Crippen LogP contribution < -0.4 is 10.6 Å². The molecule has 0 bridgehead atoms. The second-order valence-corrected chi connectivity index (χ2v) is 5.07. The Kier molecular flexibility index (Phi) is 3.73. The van der Waals surface area contributed by atoms with Crippen molar-refractivity contribution in [1.29, 1.82) is 0 Å². The minimum absolute atomic E-state index is 0.0609. The van der Waals surface area contributed by atoms with E-state index in [1.54, 1.807) is 12.5 Å². The molecule has 0 aromatic carbocycles. The van der Waals surface area contributed by atoms with Gasteiger partial charge < -0.3 is 20.3 Å². The molecule has 2 rings (SSSR count). The molecule has 1 atom stereocenters. The minimum atomic E-state index is -0.834. The molecule has 0 spiro atoms. The predicted octanol–water partition coefficient (Wildman–Crippen LogP) is 0.436. The first-order valence-electron chi connectivity index (χ1n) is 6.25. The van der Waals surface area contributed by atoms with Crippen LogP contribution in [0.25, 0.3) is 0 Å². The SMILES string of the molecule is CC(Cn1ccnc1)NC(=O)NCC1(C(=O)O)CC1. The lowest BCUT2D eigenvalue weighted by Crippen LogP contribution is -2.45. The highest BCUT2D eigenvalue weighted by molar-refractivity contribution is 5.80. The molecule has 1 heterocycles.